The fourth-order valence-electron chi connectivity index (χ4n) is 4.00. The number of carbonyl (C=O) groups is 1. The fourth-order valence-corrected chi connectivity index (χ4v) is 4.00. The third kappa shape index (κ3) is 2.23. The van der Waals surface area contributed by atoms with Gasteiger partial charge in [0.05, 0.1) is 21.9 Å². The summed E-state index contributed by atoms with van der Waals surface area (Å²) in [7, 11) is 0. The molecule has 0 spiro atoms. The Morgan fingerprint density at radius 2 is 1.79 bits per heavy atom. The average molecular weight is 370 g/mol. The smallest absolute Gasteiger partial charge is 0.271 e. The lowest BCUT2D eigenvalue weighted by atomic mass is 9.95. The van der Waals surface area contributed by atoms with Crippen LogP contribution in [0, 0.1) is 10.1 Å². The number of nitro groups is 1. The second-order valence-electron chi connectivity index (χ2n) is 6.74. The van der Waals surface area contributed by atoms with E-state index in [1.807, 2.05) is 42.5 Å². The Labute approximate surface area is 159 Å². The summed E-state index contributed by atoms with van der Waals surface area (Å²) in [5.74, 6) is -0.313. The molecule has 3 aromatic carbocycles. The van der Waals surface area contributed by atoms with Crippen molar-refractivity contribution >= 4 is 22.6 Å². The maximum atomic E-state index is 12.2. The number of aromatic nitrogens is 2. The predicted molar refractivity (Wildman–Crippen MR) is 105 cm³/mol. The number of fused-ring (bicyclic) bond motifs is 4. The van der Waals surface area contributed by atoms with Crippen LogP contribution in [0.25, 0.3) is 33.5 Å². The lowest BCUT2D eigenvalue weighted by Gasteiger charge is -2.09. The van der Waals surface area contributed by atoms with Crippen molar-refractivity contribution in [3.8, 4) is 22.5 Å². The van der Waals surface area contributed by atoms with Gasteiger partial charge in [-0.2, -0.15) is 0 Å². The van der Waals surface area contributed by atoms with Crippen LogP contribution >= 0.6 is 0 Å². The van der Waals surface area contributed by atoms with Gasteiger partial charge in [-0.3, -0.25) is 14.9 Å². The molecular formula is C21H14N4O3. The Hall–Kier alpha value is -4.00. The SMILES string of the molecule is NC(=O)[C@@H]1c2ccccc2-c2c(-c3nc4ccc([N+](=O)[O-])cc4[nH]3)cccc21. The highest BCUT2D eigenvalue weighted by molar-refractivity contribution is 6.00. The second kappa shape index (κ2) is 5.75. The standard InChI is InChI=1S/C21H14N4O3/c22-20(26)19-13-5-2-1-4-12(13)18-14(19)6-3-7-15(18)21-23-16-9-8-11(25(27)28)10-17(16)24-21/h1-10,19H,(H2,22,26)(H,23,24)/t19-/m1/s1. The van der Waals surface area contributed by atoms with E-state index in [2.05, 4.69) is 9.97 Å². The number of amides is 1. The van der Waals surface area contributed by atoms with E-state index in [1.54, 1.807) is 6.07 Å². The highest BCUT2D eigenvalue weighted by Crippen LogP contribution is 2.48. The molecule has 1 aromatic heterocycles. The summed E-state index contributed by atoms with van der Waals surface area (Å²) in [4.78, 5) is 30.5. The molecule has 0 unspecified atom stereocenters. The van der Waals surface area contributed by atoms with E-state index in [9.17, 15) is 14.9 Å². The van der Waals surface area contributed by atoms with Crippen LogP contribution in [0.2, 0.25) is 0 Å². The van der Waals surface area contributed by atoms with Gasteiger partial charge >= 0.3 is 0 Å². The highest BCUT2D eigenvalue weighted by atomic mass is 16.6. The number of carbonyl (C=O) groups excluding carboxylic acids is 1. The number of nitrogens with two attached hydrogens (primary N) is 1. The number of hydrogen-bond acceptors (Lipinski definition) is 4. The van der Waals surface area contributed by atoms with Crippen molar-refractivity contribution in [2.45, 2.75) is 5.92 Å². The van der Waals surface area contributed by atoms with Crippen LogP contribution in [0.5, 0.6) is 0 Å². The summed E-state index contributed by atoms with van der Waals surface area (Å²) in [5.41, 5.74) is 11.3. The number of nitro benzene ring substituents is 1. The van der Waals surface area contributed by atoms with Gasteiger partial charge < -0.3 is 10.7 Å². The summed E-state index contributed by atoms with van der Waals surface area (Å²) in [5, 5.41) is 11.0. The molecule has 0 saturated carbocycles. The molecule has 7 nitrogen and oxygen atoms in total. The molecule has 7 heteroatoms. The lowest BCUT2D eigenvalue weighted by Crippen LogP contribution is -2.20. The van der Waals surface area contributed by atoms with Gasteiger partial charge in [-0.25, -0.2) is 4.98 Å². The van der Waals surface area contributed by atoms with Crippen molar-refractivity contribution in [1.82, 2.24) is 9.97 Å². The van der Waals surface area contributed by atoms with Gasteiger partial charge in [-0.1, -0.05) is 42.5 Å². The third-order valence-corrected chi connectivity index (χ3v) is 5.16. The minimum Gasteiger partial charge on any atom is -0.369 e. The topological polar surface area (TPSA) is 115 Å². The van der Waals surface area contributed by atoms with Crippen molar-refractivity contribution in [2.75, 3.05) is 0 Å². The monoisotopic (exact) mass is 370 g/mol. The maximum absolute atomic E-state index is 12.2. The van der Waals surface area contributed by atoms with Crippen molar-refractivity contribution in [3.05, 3.63) is 81.9 Å². The molecule has 4 aromatic rings. The summed E-state index contributed by atoms with van der Waals surface area (Å²) in [6.07, 6.45) is 0. The number of non-ortho nitro benzene ring substituents is 1. The van der Waals surface area contributed by atoms with Crippen molar-refractivity contribution in [3.63, 3.8) is 0 Å². The molecule has 1 atom stereocenters. The third-order valence-electron chi connectivity index (χ3n) is 5.16. The van der Waals surface area contributed by atoms with Crippen LogP contribution in [0.1, 0.15) is 17.0 Å². The molecule has 0 fully saturated rings. The molecule has 0 aliphatic heterocycles. The number of primary amides is 1. The Bertz CT molecular complexity index is 1290. The molecule has 0 radical (unpaired) electrons. The summed E-state index contributed by atoms with van der Waals surface area (Å²) in [6, 6.07) is 17.9. The normalized spacial score (nSPS) is 14.6. The summed E-state index contributed by atoms with van der Waals surface area (Å²) < 4.78 is 0. The van der Waals surface area contributed by atoms with Gasteiger partial charge in [0.1, 0.15) is 5.82 Å². The number of rotatable bonds is 3. The molecular weight excluding hydrogens is 356 g/mol. The van der Waals surface area contributed by atoms with E-state index in [1.165, 1.54) is 12.1 Å². The Kier molecular flexibility index (Phi) is 3.33. The number of imidazole rings is 1. The zero-order chi connectivity index (χ0) is 19.4. The van der Waals surface area contributed by atoms with E-state index >= 15 is 0 Å². The first-order chi connectivity index (χ1) is 13.5. The highest BCUT2D eigenvalue weighted by Gasteiger charge is 2.34. The second-order valence-corrected chi connectivity index (χ2v) is 6.74. The van der Waals surface area contributed by atoms with Gasteiger partial charge in [0.15, 0.2) is 0 Å². The summed E-state index contributed by atoms with van der Waals surface area (Å²) in [6.45, 7) is 0. The molecule has 28 heavy (non-hydrogen) atoms. The minimum atomic E-state index is -0.503. The molecule has 1 aliphatic rings. The van der Waals surface area contributed by atoms with Crippen LogP contribution in [0.3, 0.4) is 0 Å². The number of aromatic amines is 1. The van der Waals surface area contributed by atoms with Crippen molar-refractivity contribution in [2.24, 2.45) is 5.73 Å². The Balaban J connectivity index is 1.75. The Morgan fingerprint density at radius 3 is 2.57 bits per heavy atom. The van der Waals surface area contributed by atoms with Gasteiger partial charge in [0, 0.05) is 17.7 Å². The molecule has 0 saturated heterocycles. The Morgan fingerprint density at radius 1 is 1.04 bits per heavy atom. The number of H-pyrrole nitrogens is 1. The fraction of sp³-hybridized carbons (Fsp3) is 0.0476. The molecule has 1 amide bonds. The molecule has 1 heterocycles. The molecule has 5 rings (SSSR count). The molecule has 1 aliphatic carbocycles. The number of hydrogen-bond donors (Lipinski definition) is 2. The van der Waals surface area contributed by atoms with Crippen LogP contribution < -0.4 is 5.73 Å². The van der Waals surface area contributed by atoms with Gasteiger partial charge in [-0.05, 0) is 28.3 Å². The van der Waals surface area contributed by atoms with Crippen LogP contribution in [0.15, 0.2) is 60.7 Å². The molecule has 0 bridgehead atoms. The zero-order valence-corrected chi connectivity index (χ0v) is 14.5. The van der Waals surface area contributed by atoms with E-state index < -0.39 is 16.7 Å². The number of benzene rings is 3. The van der Waals surface area contributed by atoms with Crippen LogP contribution in [-0.4, -0.2) is 20.8 Å². The van der Waals surface area contributed by atoms with E-state index in [0.717, 1.165) is 27.8 Å². The number of nitrogens with zero attached hydrogens (tertiary/aromatic N) is 2. The van der Waals surface area contributed by atoms with Gasteiger partial charge in [0.2, 0.25) is 5.91 Å². The summed E-state index contributed by atoms with van der Waals surface area (Å²) >= 11 is 0. The minimum absolute atomic E-state index is 0.000119. The van der Waals surface area contributed by atoms with Crippen LogP contribution in [0.4, 0.5) is 5.69 Å². The van der Waals surface area contributed by atoms with Gasteiger partial charge in [-0.15, -0.1) is 0 Å². The maximum Gasteiger partial charge on any atom is 0.271 e. The van der Waals surface area contributed by atoms with Crippen LogP contribution in [-0.2, 0) is 4.79 Å². The number of nitrogens with one attached hydrogen (secondary N) is 1. The first-order valence-electron chi connectivity index (χ1n) is 8.70. The van der Waals surface area contributed by atoms with Gasteiger partial charge in [0.25, 0.3) is 5.69 Å². The van der Waals surface area contributed by atoms with Crippen molar-refractivity contribution in [1.29, 1.82) is 0 Å². The lowest BCUT2D eigenvalue weighted by molar-refractivity contribution is -0.384. The predicted octanol–water partition coefficient (Wildman–Crippen LogP) is 3.74. The zero-order valence-electron chi connectivity index (χ0n) is 14.5. The average Bonchev–Trinajstić information content (AvgIpc) is 3.26. The van der Waals surface area contributed by atoms with E-state index in [0.29, 0.717) is 16.9 Å². The first kappa shape index (κ1) is 16.2. The van der Waals surface area contributed by atoms with Crippen molar-refractivity contribution < 1.29 is 9.72 Å². The van der Waals surface area contributed by atoms with E-state index in [-0.39, 0.29) is 5.69 Å². The first-order valence-corrected chi connectivity index (χ1v) is 8.70. The molecule has 136 valence electrons. The largest absolute Gasteiger partial charge is 0.369 e. The quantitative estimate of drug-likeness (QED) is 0.422. The van der Waals surface area contributed by atoms with E-state index in [4.69, 9.17) is 5.73 Å². The molecule has 3 N–H and O–H groups in total.